The van der Waals surface area contributed by atoms with Crippen LogP contribution in [0.1, 0.15) is 62.4 Å². The lowest BCUT2D eigenvalue weighted by atomic mass is 10.0. The van der Waals surface area contributed by atoms with Crippen molar-refractivity contribution >= 4 is 35.8 Å². The highest BCUT2D eigenvalue weighted by molar-refractivity contribution is 6.05. The van der Waals surface area contributed by atoms with Crippen molar-refractivity contribution in [1.29, 1.82) is 5.41 Å². The number of likely N-dealkylation sites (tertiary alicyclic amines) is 1. The Labute approximate surface area is 245 Å². The fourth-order valence-electron chi connectivity index (χ4n) is 4.16. The molecule has 4 amide bonds. The number of carbonyl (C=O) groups excluding carboxylic acids is 5. The number of hydrogen-bond donors (Lipinski definition) is 4. The van der Waals surface area contributed by atoms with Crippen LogP contribution in [0.2, 0.25) is 0 Å². The molecule has 1 saturated heterocycles. The first-order chi connectivity index (χ1) is 20.2. The Balaban J connectivity index is 2.01. The number of rotatable bonds is 14. The Kier molecular flexibility index (Phi) is 14.8. The van der Waals surface area contributed by atoms with Crippen molar-refractivity contribution in [3.63, 3.8) is 0 Å². The van der Waals surface area contributed by atoms with Crippen LogP contribution < -0.4 is 16.0 Å². The maximum absolute atomic E-state index is 13.5. The molecule has 1 heterocycles. The maximum atomic E-state index is 13.5. The van der Waals surface area contributed by atoms with Gasteiger partial charge in [-0.25, -0.2) is 14.4 Å². The number of alkyl carbamates (subject to hydrolysis) is 2. The van der Waals surface area contributed by atoms with Gasteiger partial charge in [0.15, 0.2) is 0 Å². The number of esters is 1. The highest BCUT2D eigenvalue weighted by Crippen LogP contribution is 2.16. The van der Waals surface area contributed by atoms with Gasteiger partial charge in [0.1, 0.15) is 18.5 Å². The molecule has 0 aliphatic carbocycles. The molecular formula is C28H41N5O9. The second-order valence-electron chi connectivity index (χ2n) is 9.25. The van der Waals surface area contributed by atoms with Gasteiger partial charge in [-0.2, -0.15) is 0 Å². The van der Waals surface area contributed by atoms with Crippen LogP contribution in [-0.2, 0) is 28.5 Å². The molecule has 4 N–H and O–H groups in total. The average molecular weight is 592 g/mol. The van der Waals surface area contributed by atoms with Gasteiger partial charge in [-0.3, -0.25) is 20.3 Å². The summed E-state index contributed by atoms with van der Waals surface area (Å²) in [6.45, 7) is 6.64. The summed E-state index contributed by atoms with van der Waals surface area (Å²) in [5, 5.41) is 15.7. The van der Waals surface area contributed by atoms with Gasteiger partial charge in [0.2, 0.25) is 5.91 Å². The van der Waals surface area contributed by atoms with E-state index in [0.717, 1.165) is 0 Å². The van der Waals surface area contributed by atoms with Gasteiger partial charge in [-0.1, -0.05) is 12.1 Å². The summed E-state index contributed by atoms with van der Waals surface area (Å²) in [4.78, 5) is 62.9. The van der Waals surface area contributed by atoms with Crippen molar-refractivity contribution < 1.29 is 42.9 Å². The molecule has 1 fully saturated rings. The third kappa shape index (κ3) is 11.7. The Hall–Kier alpha value is -4.20. The minimum absolute atomic E-state index is 0.143. The molecule has 0 radical (unpaired) electrons. The predicted molar refractivity (Wildman–Crippen MR) is 151 cm³/mol. The zero-order valence-electron chi connectivity index (χ0n) is 24.4. The third-order valence-electron chi connectivity index (χ3n) is 6.25. The lowest BCUT2D eigenvalue weighted by molar-refractivity contribution is -0.152. The number of carbonyl (C=O) groups is 5. The summed E-state index contributed by atoms with van der Waals surface area (Å²) in [7, 11) is 0. The van der Waals surface area contributed by atoms with Crippen molar-refractivity contribution in [3.05, 3.63) is 35.4 Å². The summed E-state index contributed by atoms with van der Waals surface area (Å²) < 4.78 is 20.1. The van der Waals surface area contributed by atoms with Crippen molar-refractivity contribution in [1.82, 2.24) is 20.9 Å². The number of piperidine rings is 1. The van der Waals surface area contributed by atoms with E-state index < -0.39 is 30.1 Å². The Morgan fingerprint density at radius 1 is 0.905 bits per heavy atom. The molecule has 1 atom stereocenters. The van der Waals surface area contributed by atoms with Crippen LogP contribution in [0.3, 0.4) is 0 Å². The smallest absolute Gasteiger partial charge is 0.412 e. The van der Waals surface area contributed by atoms with E-state index in [2.05, 4.69) is 16.0 Å². The van der Waals surface area contributed by atoms with Crippen molar-refractivity contribution in [2.75, 3.05) is 46.1 Å². The fourth-order valence-corrected chi connectivity index (χ4v) is 4.16. The molecular weight excluding hydrogens is 550 g/mol. The van der Waals surface area contributed by atoms with Crippen LogP contribution in [0.4, 0.5) is 9.59 Å². The molecule has 1 aromatic carbocycles. The van der Waals surface area contributed by atoms with E-state index in [1.165, 1.54) is 24.3 Å². The minimum Gasteiger partial charge on any atom is -0.464 e. The summed E-state index contributed by atoms with van der Waals surface area (Å²) >= 11 is 0. The second-order valence-corrected chi connectivity index (χ2v) is 9.25. The predicted octanol–water partition coefficient (Wildman–Crippen LogP) is 1.95. The van der Waals surface area contributed by atoms with E-state index in [1.807, 2.05) is 0 Å². The molecule has 42 heavy (non-hydrogen) atoms. The van der Waals surface area contributed by atoms with Crippen LogP contribution in [0.5, 0.6) is 0 Å². The molecule has 1 aromatic rings. The average Bonchev–Trinajstić information content (AvgIpc) is 2.98. The second kappa shape index (κ2) is 18.3. The minimum atomic E-state index is -0.859. The summed E-state index contributed by atoms with van der Waals surface area (Å²) in [6, 6.07) is 5.13. The monoisotopic (exact) mass is 591 g/mol. The van der Waals surface area contributed by atoms with E-state index in [1.54, 1.807) is 25.7 Å². The molecule has 0 saturated carbocycles. The van der Waals surface area contributed by atoms with Gasteiger partial charge in [-0.05, 0) is 58.6 Å². The van der Waals surface area contributed by atoms with E-state index in [0.29, 0.717) is 37.9 Å². The molecule has 0 bridgehead atoms. The lowest BCUT2D eigenvalue weighted by Crippen LogP contribution is -2.51. The molecule has 0 aromatic heterocycles. The van der Waals surface area contributed by atoms with Crippen molar-refractivity contribution in [2.24, 2.45) is 0 Å². The summed E-state index contributed by atoms with van der Waals surface area (Å²) in [5.41, 5.74) is 0.626. The van der Waals surface area contributed by atoms with Gasteiger partial charge in [-0.15, -0.1) is 0 Å². The number of nitrogens with zero attached hydrogens (tertiary/aromatic N) is 1. The first-order valence-electron chi connectivity index (χ1n) is 14.1. The molecule has 2 rings (SSSR count). The highest BCUT2D eigenvalue weighted by atomic mass is 16.6. The number of benzene rings is 1. The topological polar surface area (TPSA) is 185 Å². The molecule has 1 aliphatic rings. The maximum Gasteiger partial charge on any atom is 0.412 e. The Bertz CT molecular complexity index is 1070. The Morgan fingerprint density at radius 3 is 2.12 bits per heavy atom. The number of amides is 4. The zero-order chi connectivity index (χ0) is 30.9. The van der Waals surface area contributed by atoms with E-state index in [9.17, 15) is 24.0 Å². The third-order valence-corrected chi connectivity index (χ3v) is 6.25. The fraction of sp³-hybridized carbons (Fsp3) is 0.571. The zero-order valence-corrected chi connectivity index (χ0v) is 24.4. The summed E-state index contributed by atoms with van der Waals surface area (Å²) in [5.74, 6) is -1.37. The molecule has 0 unspecified atom stereocenters. The molecule has 0 spiro atoms. The van der Waals surface area contributed by atoms with Gasteiger partial charge in [0.05, 0.1) is 25.9 Å². The van der Waals surface area contributed by atoms with Crippen LogP contribution >= 0.6 is 0 Å². The van der Waals surface area contributed by atoms with Crippen LogP contribution in [0.25, 0.3) is 0 Å². The van der Waals surface area contributed by atoms with E-state index in [4.69, 9.17) is 24.4 Å². The number of hydrogen-bond acceptors (Lipinski definition) is 10. The van der Waals surface area contributed by atoms with Crippen LogP contribution in [0, 0.1) is 5.41 Å². The van der Waals surface area contributed by atoms with Gasteiger partial charge in [0.25, 0.3) is 5.91 Å². The Morgan fingerprint density at radius 2 is 1.50 bits per heavy atom. The van der Waals surface area contributed by atoms with Crippen LogP contribution in [0.15, 0.2) is 24.3 Å². The van der Waals surface area contributed by atoms with Gasteiger partial charge in [0, 0.05) is 30.8 Å². The first-order valence-corrected chi connectivity index (χ1v) is 14.1. The SMILES string of the molecule is CCOC(=O)COC1CCN(C(=O)[C@H](CCCNC(=O)OCC)NC(=O)c2ccc(C(=N)NC(=O)OCC)cc2)CC1. The highest BCUT2D eigenvalue weighted by Gasteiger charge is 2.30. The largest absolute Gasteiger partial charge is 0.464 e. The van der Waals surface area contributed by atoms with Gasteiger partial charge >= 0.3 is 18.2 Å². The summed E-state index contributed by atoms with van der Waals surface area (Å²) in [6.07, 6.45) is 0.241. The number of nitrogens with one attached hydrogen (secondary N) is 4. The lowest BCUT2D eigenvalue weighted by Gasteiger charge is -2.34. The van der Waals surface area contributed by atoms with Crippen molar-refractivity contribution in [3.8, 4) is 0 Å². The van der Waals surface area contributed by atoms with E-state index >= 15 is 0 Å². The molecule has 232 valence electrons. The number of ether oxygens (including phenoxy) is 4. The standard InChI is InChI=1S/C28H41N5O9/c1-4-39-23(34)18-42-21-13-16-33(17-14-21)26(36)22(8-7-15-30-27(37)40-5-2)31-25(35)20-11-9-19(10-12-20)24(29)32-28(38)41-6-3/h9-12,21-22H,4-8,13-18H2,1-3H3,(H,30,37)(H,31,35)(H2,29,32,38)/t22-/m0/s1. The van der Waals surface area contributed by atoms with Crippen LogP contribution in [-0.4, -0.2) is 98.9 Å². The quantitative estimate of drug-likeness (QED) is 0.0825. The molecule has 14 nitrogen and oxygen atoms in total. The van der Waals surface area contributed by atoms with E-state index in [-0.39, 0.29) is 62.8 Å². The molecule has 1 aliphatic heterocycles. The normalized spacial score (nSPS) is 13.8. The molecule has 14 heteroatoms. The van der Waals surface area contributed by atoms with Crippen molar-refractivity contribution in [2.45, 2.75) is 58.6 Å². The number of amidine groups is 1. The first kappa shape index (κ1) is 34.0. The van der Waals surface area contributed by atoms with Gasteiger partial charge < -0.3 is 34.5 Å².